The standard InChI is InChI=1S/C9H15N3O3S/c1-7(16(10,13)14)3-4-9-11-5-8(15-2)6-12-9/h5-7H,3-4H2,1-2H3,(H2,10,13,14). The minimum absolute atomic E-state index is 0.408. The molecule has 1 unspecified atom stereocenters. The van der Waals surface area contributed by atoms with E-state index in [9.17, 15) is 8.42 Å². The normalized spacial score (nSPS) is 13.4. The minimum Gasteiger partial charge on any atom is -0.494 e. The second-order valence-electron chi connectivity index (χ2n) is 3.48. The average molecular weight is 245 g/mol. The Morgan fingerprint density at radius 1 is 1.44 bits per heavy atom. The summed E-state index contributed by atoms with van der Waals surface area (Å²) in [5, 5.41) is 4.42. The maximum atomic E-state index is 11.0. The molecule has 0 radical (unpaired) electrons. The predicted octanol–water partition coefficient (Wildman–Crippen LogP) is 0.0948. The molecule has 1 atom stereocenters. The number of hydrogen-bond donors (Lipinski definition) is 1. The van der Waals surface area contributed by atoms with Crippen molar-refractivity contribution in [2.45, 2.75) is 25.0 Å². The lowest BCUT2D eigenvalue weighted by Crippen LogP contribution is -2.26. The second kappa shape index (κ2) is 5.22. The van der Waals surface area contributed by atoms with Gasteiger partial charge >= 0.3 is 0 Å². The van der Waals surface area contributed by atoms with Gasteiger partial charge < -0.3 is 4.74 Å². The Kier molecular flexibility index (Phi) is 4.19. The van der Waals surface area contributed by atoms with Crippen molar-refractivity contribution in [1.29, 1.82) is 0 Å². The fraction of sp³-hybridized carbons (Fsp3) is 0.556. The first-order valence-electron chi connectivity index (χ1n) is 4.80. The molecule has 0 saturated heterocycles. The quantitative estimate of drug-likeness (QED) is 0.793. The Morgan fingerprint density at radius 3 is 2.44 bits per heavy atom. The van der Waals surface area contributed by atoms with Crippen LogP contribution in [0.4, 0.5) is 0 Å². The van der Waals surface area contributed by atoms with E-state index >= 15 is 0 Å². The zero-order valence-corrected chi connectivity index (χ0v) is 10.1. The van der Waals surface area contributed by atoms with Crippen LogP contribution in [-0.2, 0) is 16.4 Å². The van der Waals surface area contributed by atoms with Crippen molar-refractivity contribution in [2.75, 3.05) is 7.11 Å². The Morgan fingerprint density at radius 2 is 2.00 bits per heavy atom. The number of hydrogen-bond acceptors (Lipinski definition) is 5. The van der Waals surface area contributed by atoms with Gasteiger partial charge in [-0.3, -0.25) is 0 Å². The topological polar surface area (TPSA) is 95.2 Å². The van der Waals surface area contributed by atoms with E-state index in [1.807, 2.05) is 0 Å². The molecule has 0 bridgehead atoms. The maximum absolute atomic E-state index is 11.0. The van der Waals surface area contributed by atoms with Gasteiger partial charge in [0.05, 0.1) is 24.8 Å². The second-order valence-corrected chi connectivity index (χ2v) is 5.46. The molecule has 0 aliphatic heterocycles. The zero-order chi connectivity index (χ0) is 12.2. The van der Waals surface area contributed by atoms with Crippen molar-refractivity contribution in [3.63, 3.8) is 0 Å². The highest BCUT2D eigenvalue weighted by Gasteiger charge is 2.15. The number of sulfonamides is 1. The summed E-state index contributed by atoms with van der Waals surface area (Å²) in [6.45, 7) is 1.57. The highest BCUT2D eigenvalue weighted by molar-refractivity contribution is 7.89. The van der Waals surface area contributed by atoms with Crippen LogP contribution in [0, 0.1) is 0 Å². The molecule has 1 heterocycles. The number of ether oxygens (including phenoxy) is 1. The monoisotopic (exact) mass is 245 g/mol. The van der Waals surface area contributed by atoms with Gasteiger partial charge in [-0.05, 0) is 13.3 Å². The molecule has 0 aromatic carbocycles. The van der Waals surface area contributed by atoms with Crippen molar-refractivity contribution in [3.05, 3.63) is 18.2 Å². The van der Waals surface area contributed by atoms with Gasteiger partial charge in [-0.2, -0.15) is 0 Å². The summed E-state index contributed by atoms with van der Waals surface area (Å²) in [6.07, 6.45) is 3.97. The van der Waals surface area contributed by atoms with Crippen LogP contribution in [0.25, 0.3) is 0 Å². The zero-order valence-electron chi connectivity index (χ0n) is 9.25. The van der Waals surface area contributed by atoms with Gasteiger partial charge in [-0.1, -0.05) is 0 Å². The summed E-state index contributed by atoms with van der Waals surface area (Å²) < 4.78 is 26.8. The number of rotatable bonds is 5. The van der Waals surface area contributed by atoms with E-state index in [2.05, 4.69) is 9.97 Å². The number of methoxy groups -OCH3 is 1. The van der Waals surface area contributed by atoms with E-state index < -0.39 is 15.3 Å². The van der Waals surface area contributed by atoms with Crippen LogP contribution in [0.15, 0.2) is 12.4 Å². The summed E-state index contributed by atoms with van der Waals surface area (Å²) in [6, 6.07) is 0. The molecule has 0 spiro atoms. The summed E-state index contributed by atoms with van der Waals surface area (Å²) in [7, 11) is -1.94. The molecular formula is C9H15N3O3S. The molecule has 0 aliphatic rings. The van der Waals surface area contributed by atoms with Crippen molar-refractivity contribution in [2.24, 2.45) is 5.14 Å². The van der Waals surface area contributed by atoms with Gasteiger partial charge in [0.15, 0.2) is 5.75 Å². The van der Waals surface area contributed by atoms with Crippen LogP contribution >= 0.6 is 0 Å². The summed E-state index contributed by atoms with van der Waals surface area (Å²) in [4.78, 5) is 8.06. The molecule has 1 rings (SSSR count). The Bertz CT molecular complexity index is 430. The van der Waals surface area contributed by atoms with Crippen LogP contribution in [0.5, 0.6) is 5.75 Å². The Hall–Kier alpha value is -1.21. The molecule has 7 heteroatoms. The van der Waals surface area contributed by atoms with Crippen LogP contribution < -0.4 is 9.88 Å². The van der Waals surface area contributed by atoms with Gasteiger partial charge in [-0.15, -0.1) is 0 Å². The minimum atomic E-state index is -3.47. The summed E-state index contributed by atoms with van der Waals surface area (Å²) >= 11 is 0. The Balaban J connectivity index is 2.55. The molecule has 1 aromatic rings. The summed E-state index contributed by atoms with van der Waals surface area (Å²) in [5.74, 6) is 1.15. The molecule has 0 amide bonds. The SMILES string of the molecule is COc1cnc(CCC(C)S(N)(=O)=O)nc1. The number of nitrogens with zero attached hydrogens (tertiary/aromatic N) is 2. The molecule has 90 valence electrons. The predicted molar refractivity (Wildman–Crippen MR) is 59.5 cm³/mol. The van der Waals surface area contributed by atoms with E-state index in [1.165, 1.54) is 7.11 Å². The highest BCUT2D eigenvalue weighted by atomic mass is 32.2. The van der Waals surface area contributed by atoms with Crippen LogP contribution in [-0.4, -0.2) is 30.7 Å². The molecule has 2 N–H and O–H groups in total. The fourth-order valence-corrected chi connectivity index (χ4v) is 1.52. The lowest BCUT2D eigenvalue weighted by Gasteiger charge is -2.07. The number of primary sulfonamides is 1. The first-order valence-corrected chi connectivity index (χ1v) is 6.41. The fourth-order valence-electron chi connectivity index (χ4n) is 1.07. The van der Waals surface area contributed by atoms with Crippen molar-refractivity contribution in [3.8, 4) is 5.75 Å². The molecule has 0 saturated carbocycles. The number of nitrogens with two attached hydrogens (primary N) is 1. The summed E-state index contributed by atoms with van der Waals surface area (Å²) in [5.41, 5.74) is 0. The number of aryl methyl sites for hydroxylation is 1. The third-order valence-electron chi connectivity index (χ3n) is 2.25. The molecule has 6 nitrogen and oxygen atoms in total. The first kappa shape index (κ1) is 12.9. The average Bonchev–Trinajstić information content (AvgIpc) is 2.25. The van der Waals surface area contributed by atoms with Crippen LogP contribution in [0.1, 0.15) is 19.2 Å². The molecule has 0 aliphatic carbocycles. The van der Waals surface area contributed by atoms with E-state index in [-0.39, 0.29) is 0 Å². The smallest absolute Gasteiger partial charge is 0.211 e. The van der Waals surface area contributed by atoms with Gasteiger partial charge in [0.1, 0.15) is 5.82 Å². The Labute approximate surface area is 94.9 Å². The molecule has 1 aromatic heterocycles. The third-order valence-corrected chi connectivity index (χ3v) is 3.61. The van der Waals surface area contributed by atoms with Crippen LogP contribution in [0.2, 0.25) is 0 Å². The molecular weight excluding hydrogens is 230 g/mol. The largest absolute Gasteiger partial charge is 0.494 e. The highest BCUT2D eigenvalue weighted by Crippen LogP contribution is 2.08. The lowest BCUT2D eigenvalue weighted by atomic mass is 10.2. The number of aromatic nitrogens is 2. The lowest BCUT2D eigenvalue weighted by molar-refractivity contribution is 0.410. The van der Waals surface area contributed by atoms with Crippen LogP contribution in [0.3, 0.4) is 0 Å². The maximum Gasteiger partial charge on any atom is 0.211 e. The van der Waals surface area contributed by atoms with Gasteiger partial charge in [-0.25, -0.2) is 23.5 Å². The van der Waals surface area contributed by atoms with E-state index in [4.69, 9.17) is 9.88 Å². The third kappa shape index (κ3) is 3.74. The van der Waals surface area contributed by atoms with Gasteiger partial charge in [0, 0.05) is 6.42 Å². The van der Waals surface area contributed by atoms with E-state index in [0.717, 1.165) is 0 Å². The first-order chi connectivity index (χ1) is 7.43. The van der Waals surface area contributed by atoms with Crippen molar-refractivity contribution >= 4 is 10.0 Å². The van der Waals surface area contributed by atoms with E-state index in [1.54, 1.807) is 19.3 Å². The van der Waals surface area contributed by atoms with E-state index in [0.29, 0.717) is 24.4 Å². The van der Waals surface area contributed by atoms with Crippen molar-refractivity contribution in [1.82, 2.24) is 9.97 Å². The molecule has 0 fully saturated rings. The molecule has 16 heavy (non-hydrogen) atoms. The van der Waals surface area contributed by atoms with Gasteiger partial charge in [0.25, 0.3) is 0 Å². The van der Waals surface area contributed by atoms with Gasteiger partial charge in [0.2, 0.25) is 10.0 Å². The van der Waals surface area contributed by atoms with Crippen molar-refractivity contribution < 1.29 is 13.2 Å².